The van der Waals surface area contributed by atoms with E-state index in [0.29, 0.717) is 38.5 Å². The van der Waals surface area contributed by atoms with Crippen molar-refractivity contribution in [3.8, 4) is 0 Å². The van der Waals surface area contributed by atoms with Gasteiger partial charge in [-0.3, -0.25) is 19.2 Å². The molecule has 0 rings (SSSR count). The first-order chi connectivity index (χ1) is 23.3. The quantitative estimate of drug-likeness (QED) is 0.0391. The predicted molar refractivity (Wildman–Crippen MR) is 196 cm³/mol. The van der Waals surface area contributed by atoms with Crippen LogP contribution in [-0.2, 0) is 38.1 Å². The van der Waals surface area contributed by atoms with Crippen LogP contribution < -0.4 is 0 Å². The van der Waals surface area contributed by atoms with Crippen LogP contribution in [-0.4, -0.2) is 49.3 Å². The molecular formula is C40H76O8. The van der Waals surface area contributed by atoms with Gasteiger partial charge in [0, 0.05) is 25.7 Å². The number of rotatable bonds is 32. The van der Waals surface area contributed by atoms with Crippen LogP contribution in [0.1, 0.15) is 208 Å². The van der Waals surface area contributed by atoms with Crippen molar-refractivity contribution in [3.63, 3.8) is 0 Å². The summed E-state index contributed by atoms with van der Waals surface area (Å²) in [5.74, 6) is -0.705. The molecule has 0 aliphatic rings. The third-order valence-corrected chi connectivity index (χ3v) is 8.31. The summed E-state index contributed by atoms with van der Waals surface area (Å²) in [7, 11) is 0. The third-order valence-electron chi connectivity index (χ3n) is 8.31. The zero-order valence-electron chi connectivity index (χ0n) is 32.2. The van der Waals surface area contributed by atoms with Crippen LogP contribution in [0.25, 0.3) is 0 Å². The highest BCUT2D eigenvalue weighted by Gasteiger charge is 2.16. The van der Waals surface area contributed by atoms with Crippen molar-refractivity contribution in [2.75, 3.05) is 13.2 Å². The average molecular weight is 685 g/mol. The second-order valence-corrected chi connectivity index (χ2v) is 13.1. The Morgan fingerprint density at radius 1 is 0.354 bits per heavy atom. The lowest BCUT2D eigenvalue weighted by atomic mass is 10.1. The number of hydrogen-bond donors (Lipinski definition) is 0. The minimum Gasteiger partial charge on any atom is -0.462 e. The van der Waals surface area contributed by atoms with Crippen LogP contribution in [0.3, 0.4) is 0 Å². The molecule has 0 aliphatic carbocycles. The van der Waals surface area contributed by atoms with E-state index in [2.05, 4.69) is 27.7 Å². The van der Waals surface area contributed by atoms with Gasteiger partial charge in [0.25, 0.3) is 0 Å². The molecule has 0 radical (unpaired) electrons. The molecule has 0 aromatic heterocycles. The molecule has 0 saturated carbocycles. The molecule has 8 heteroatoms. The van der Waals surface area contributed by atoms with E-state index in [1.807, 2.05) is 13.8 Å². The highest BCUT2D eigenvalue weighted by molar-refractivity contribution is 5.71. The maximum atomic E-state index is 11.8. The van der Waals surface area contributed by atoms with Gasteiger partial charge >= 0.3 is 23.9 Å². The standard InChI is InChI=1S/2C20H38O4/c2*1-4-7-9-11-13-15-19(21)23-17-18(6-3)24-20(22)16-14-12-10-8-5-2/h2*18H,4-17H2,1-3H3. The van der Waals surface area contributed by atoms with Gasteiger partial charge < -0.3 is 18.9 Å². The summed E-state index contributed by atoms with van der Waals surface area (Å²) in [6, 6.07) is 0. The van der Waals surface area contributed by atoms with Gasteiger partial charge in [0.05, 0.1) is 0 Å². The zero-order valence-corrected chi connectivity index (χ0v) is 32.2. The van der Waals surface area contributed by atoms with Crippen molar-refractivity contribution >= 4 is 23.9 Å². The molecule has 0 bridgehead atoms. The summed E-state index contributed by atoms with van der Waals surface area (Å²) >= 11 is 0. The molecule has 0 aromatic rings. The van der Waals surface area contributed by atoms with E-state index >= 15 is 0 Å². The van der Waals surface area contributed by atoms with Crippen molar-refractivity contribution < 1.29 is 38.1 Å². The third kappa shape index (κ3) is 35.2. The Labute approximate surface area is 295 Å². The molecule has 0 amide bonds. The van der Waals surface area contributed by atoms with Crippen LogP contribution in [0.5, 0.6) is 0 Å². The minimum atomic E-state index is -0.308. The molecule has 2 unspecified atom stereocenters. The van der Waals surface area contributed by atoms with Gasteiger partial charge in [-0.25, -0.2) is 0 Å². The van der Waals surface area contributed by atoms with Gasteiger partial charge in [-0.05, 0) is 38.5 Å². The number of hydrogen-bond acceptors (Lipinski definition) is 8. The summed E-state index contributed by atoms with van der Waals surface area (Å²) in [5.41, 5.74) is 0. The fourth-order valence-corrected chi connectivity index (χ4v) is 4.97. The Balaban J connectivity index is 0. The van der Waals surface area contributed by atoms with Gasteiger partial charge in [0.1, 0.15) is 25.4 Å². The van der Waals surface area contributed by atoms with Crippen LogP contribution in [0.2, 0.25) is 0 Å². The summed E-state index contributed by atoms with van der Waals surface area (Å²) in [6.07, 6.45) is 24.8. The van der Waals surface area contributed by atoms with Crippen molar-refractivity contribution in [2.45, 2.75) is 221 Å². The lowest BCUT2D eigenvalue weighted by Crippen LogP contribution is -2.24. The molecule has 48 heavy (non-hydrogen) atoms. The van der Waals surface area contributed by atoms with E-state index < -0.39 is 0 Å². The van der Waals surface area contributed by atoms with E-state index in [-0.39, 0.29) is 49.3 Å². The molecular weight excluding hydrogens is 608 g/mol. The monoisotopic (exact) mass is 685 g/mol. The second-order valence-electron chi connectivity index (χ2n) is 13.1. The summed E-state index contributed by atoms with van der Waals surface area (Å²) in [4.78, 5) is 47.0. The smallest absolute Gasteiger partial charge is 0.306 e. The van der Waals surface area contributed by atoms with Gasteiger partial charge in [-0.15, -0.1) is 0 Å². The van der Waals surface area contributed by atoms with Crippen molar-refractivity contribution in [1.82, 2.24) is 0 Å². The fraction of sp³-hybridized carbons (Fsp3) is 0.900. The first-order valence-electron chi connectivity index (χ1n) is 20.0. The number of carbonyl (C=O) groups excluding carboxylic acids is 4. The fourth-order valence-electron chi connectivity index (χ4n) is 4.97. The molecule has 0 heterocycles. The van der Waals surface area contributed by atoms with Gasteiger partial charge in [-0.2, -0.15) is 0 Å². The van der Waals surface area contributed by atoms with Gasteiger partial charge in [0.2, 0.25) is 0 Å². The number of esters is 4. The molecule has 0 saturated heterocycles. The molecule has 0 spiro atoms. The average Bonchev–Trinajstić information content (AvgIpc) is 3.08. The van der Waals surface area contributed by atoms with Crippen molar-refractivity contribution in [1.29, 1.82) is 0 Å². The molecule has 0 fully saturated rings. The lowest BCUT2D eigenvalue weighted by Gasteiger charge is -2.16. The van der Waals surface area contributed by atoms with Crippen LogP contribution in [0.15, 0.2) is 0 Å². The van der Waals surface area contributed by atoms with Crippen molar-refractivity contribution in [2.24, 2.45) is 0 Å². The van der Waals surface area contributed by atoms with E-state index in [4.69, 9.17) is 18.9 Å². The predicted octanol–water partition coefficient (Wildman–Crippen LogP) is 11.1. The SMILES string of the molecule is CCCCCCCC(=O)OCC(CC)OC(=O)CCCCCCC.CCCCCCCC(=O)OCC(CC)OC(=O)CCCCCCC. The second kappa shape index (κ2) is 37.7. The Kier molecular flexibility index (Phi) is 37.7. The van der Waals surface area contributed by atoms with Crippen LogP contribution >= 0.6 is 0 Å². The van der Waals surface area contributed by atoms with Gasteiger partial charge in [-0.1, -0.05) is 144 Å². The minimum absolute atomic E-state index is 0.172. The summed E-state index contributed by atoms with van der Waals surface area (Å²) < 4.78 is 21.3. The number of unbranched alkanes of at least 4 members (excludes halogenated alkanes) is 16. The first-order valence-corrected chi connectivity index (χ1v) is 20.0. The molecule has 8 nitrogen and oxygen atoms in total. The first kappa shape index (κ1) is 48.0. The summed E-state index contributed by atoms with van der Waals surface area (Å²) in [5, 5.41) is 0. The van der Waals surface area contributed by atoms with Gasteiger partial charge in [0.15, 0.2) is 0 Å². The van der Waals surface area contributed by atoms with Crippen LogP contribution in [0, 0.1) is 0 Å². The maximum absolute atomic E-state index is 11.8. The Morgan fingerprint density at radius 2 is 0.604 bits per heavy atom. The highest BCUT2D eigenvalue weighted by Crippen LogP contribution is 2.11. The molecule has 2 atom stereocenters. The summed E-state index contributed by atoms with van der Waals surface area (Å²) in [6.45, 7) is 12.9. The maximum Gasteiger partial charge on any atom is 0.306 e. The van der Waals surface area contributed by atoms with E-state index in [1.165, 1.54) is 77.0 Å². The Bertz CT molecular complexity index is 692. The topological polar surface area (TPSA) is 105 Å². The molecule has 0 N–H and O–H groups in total. The number of carbonyl (C=O) groups is 4. The van der Waals surface area contributed by atoms with E-state index in [1.54, 1.807) is 0 Å². The lowest BCUT2D eigenvalue weighted by molar-refractivity contribution is -0.159. The Hall–Kier alpha value is -2.12. The molecule has 0 aromatic carbocycles. The molecule has 284 valence electrons. The molecule has 0 aliphatic heterocycles. The van der Waals surface area contributed by atoms with Crippen LogP contribution in [0.4, 0.5) is 0 Å². The highest BCUT2D eigenvalue weighted by atomic mass is 16.6. The normalized spacial score (nSPS) is 12.0. The Morgan fingerprint density at radius 3 is 0.854 bits per heavy atom. The number of ether oxygens (including phenoxy) is 4. The largest absolute Gasteiger partial charge is 0.462 e. The van der Waals surface area contributed by atoms with E-state index in [9.17, 15) is 19.2 Å². The van der Waals surface area contributed by atoms with Crippen molar-refractivity contribution in [3.05, 3.63) is 0 Å². The zero-order chi connectivity index (χ0) is 36.1. The van der Waals surface area contributed by atoms with E-state index in [0.717, 1.165) is 51.4 Å².